The molecule has 1 aliphatic rings. The Labute approximate surface area is 186 Å². The molecule has 0 aromatic carbocycles. The number of hydrogen-bond acceptors (Lipinski definition) is 6. The second-order valence-corrected chi connectivity index (χ2v) is 7.76. The maximum absolute atomic E-state index is 13.0. The molecule has 1 aliphatic heterocycles. The van der Waals surface area contributed by atoms with Crippen molar-refractivity contribution in [3.63, 3.8) is 0 Å². The van der Waals surface area contributed by atoms with Crippen molar-refractivity contribution in [3.8, 4) is 22.6 Å². The molecule has 4 aromatic heterocycles. The van der Waals surface area contributed by atoms with Gasteiger partial charge in [0, 0.05) is 37.7 Å². The fourth-order valence-electron chi connectivity index (χ4n) is 4.06. The minimum Gasteiger partial charge on any atom is -0.358 e. The first-order valence-electron chi connectivity index (χ1n) is 10.6. The van der Waals surface area contributed by atoms with Gasteiger partial charge in [0.15, 0.2) is 0 Å². The largest absolute Gasteiger partial charge is 0.358 e. The molecule has 0 saturated carbocycles. The van der Waals surface area contributed by atoms with Gasteiger partial charge in [0.2, 0.25) is 5.91 Å². The van der Waals surface area contributed by atoms with Crippen molar-refractivity contribution in [2.24, 2.45) is 7.05 Å². The van der Waals surface area contributed by atoms with E-state index in [0.29, 0.717) is 5.69 Å². The molecule has 5 heterocycles. The molecule has 1 atom stereocenters. The highest BCUT2D eigenvalue weighted by Gasteiger charge is 2.31. The lowest BCUT2D eigenvalue weighted by molar-refractivity contribution is -0.117. The van der Waals surface area contributed by atoms with Gasteiger partial charge in [-0.1, -0.05) is 0 Å². The van der Waals surface area contributed by atoms with E-state index >= 15 is 0 Å². The van der Waals surface area contributed by atoms with Crippen LogP contribution in [0.15, 0.2) is 73.4 Å². The number of hydrogen-bond donors (Lipinski definition) is 1. The van der Waals surface area contributed by atoms with E-state index in [1.165, 1.54) is 0 Å². The van der Waals surface area contributed by atoms with Crippen LogP contribution in [0.5, 0.6) is 0 Å². The van der Waals surface area contributed by atoms with Crippen LogP contribution in [0.4, 0.5) is 11.4 Å². The first kappa shape index (κ1) is 19.9. The molecule has 0 spiro atoms. The SMILES string of the molecule is Cn1nccc1-c1ccc(N2CCC[C@H]2C(=O)Nc2ccc(-c3cccnc3)nc2)cn1. The van der Waals surface area contributed by atoms with Gasteiger partial charge in [0.25, 0.3) is 0 Å². The summed E-state index contributed by atoms with van der Waals surface area (Å²) >= 11 is 0. The van der Waals surface area contributed by atoms with Crippen LogP contribution >= 0.6 is 0 Å². The number of aryl methyl sites for hydroxylation is 1. The van der Waals surface area contributed by atoms with Crippen molar-refractivity contribution < 1.29 is 4.79 Å². The van der Waals surface area contributed by atoms with Crippen molar-refractivity contribution in [3.05, 3.63) is 73.4 Å². The number of carbonyl (C=O) groups is 1. The third kappa shape index (κ3) is 3.94. The molecule has 0 radical (unpaired) electrons. The molecule has 160 valence electrons. The normalized spacial score (nSPS) is 15.7. The zero-order chi connectivity index (χ0) is 21.9. The van der Waals surface area contributed by atoms with Gasteiger partial charge in [0.05, 0.1) is 40.9 Å². The summed E-state index contributed by atoms with van der Waals surface area (Å²) < 4.78 is 1.79. The molecule has 32 heavy (non-hydrogen) atoms. The number of nitrogens with zero attached hydrogens (tertiary/aromatic N) is 6. The summed E-state index contributed by atoms with van der Waals surface area (Å²) in [6.07, 6.45) is 10.5. The van der Waals surface area contributed by atoms with Crippen LogP contribution in [-0.4, -0.2) is 43.2 Å². The summed E-state index contributed by atoms with van der Waals surface area (Å²) in [5.41, 5.74) is 5.19. The lowest BCUT2D eigenvalue weighted by Gasteiger charge is -2.25. The molecule has 0 unspecified atom stereocenters. The maximum atomic E-state index is 13.0. The van der Waals surface area contributed by atoms with E-state index in [0.717, 1.165) is 47.7 Å². The summed E-state index contributed by atoms with van der Waals surface area (Å²) in [7, 11) is 1.89. The maximum Gasteiger partial charge on any atom is 0.247 e. The topological polar surface area (TPSA) is 88.8 Å². The van der Waals surface area contributed by atoms with Gasteiger partial charge in [-0.05, 0) is 55.3 Å². The highest BCUT2D eigenvalue weighted by Crippen LogP contribution is 2.28. The van der Waals surface area contributed by atoms with Gasteiger partial charge < -0.3 is 10.2 Å². The standard InChI is InChI=1S/C24H23N7O/c1-30-22(10-12-28-30)21-9-7-19(16-27-21)31-13-3-5-23(31)24(32)29-18-6-8-20(26-15-18)17-4-2-11-25-14-17/h2,4,6-12,14-16,23H,3,5,13H2,1H3,(H,29,32)/t23-/m0/s1. The smallest absolute Gasteiger partial charge is 0.247 e. The van der Waals surface area contributed by atoms with E-state index in [4.69, 9.17) is 0 Å². The molecule has 8 heteroatoms. The van der Waals surface area contributed by atoms with Crippen LogP contribution in [-0.2, 0) is 11.8 Å². The van der Waals surface area contributed by atoms with Gasteiger partial charge in [-0.2, -0.15) is 5.10 Å². The average molecular weight is 425 g/mol. The summed E-state index contributed by atoms with van der Waals surface area (Å²) in [6.45, 7) is 0.822. The predicted molar refractivity (Wildman–Crippen MR) is 123 cm³/mol. The van der Waals surface area contributed by atoms with Crippen molar-refractivity contribution in [1.29, 1.82) is 0 Å². The molecule has 0 aliphatic carbocycles. The second kappa shape index (κ2) is 8.58. The number of nitrogens with one attached hydrogen (secondary N) is 1. The van der Waals surface area contributed by atoms with Gasteiger partial charge in [-0.3, -0.25) is 24.4 Å². The number of aromatic nitrogens is 5. The van der Waals surface area contributed by atoms with Gasteiger partial charge in [-0.25, -0.2) is 0 Å². The van der Waals surface area contributed by atoms with Gasteiger partial charge in [0.1, 0.15) is 6.04 Å². The van der Waals surface area contributed by atoms with Crippen LogP contribution in [0.3, 0.4) is 0 Å². The van der Waals surface area contributed by atoms with E-state index in [1.807, 2.05) is 55.7 Å². The fraction of sp³-hybridized carbons (Fsp3) is 0.208. The van der Waals surface area contributed by atoms with Crippen molar-refractivity contribution >= 4 is 17.3 Å². The zero-order valence-corrected chi connectivity index (χ0v) is 17.7. The molecule has 1 N–H and O–H groups in total. The summed E-state index contributed by atoms with van der Waals surface area (Å²) in [5.74, 6) is -0.0332. The Morgan fingerprint density at radius 3 is 2.56 bits per heavy atom. The molecule has 1 amide bonds. The first-order valence-corrected chi connectivity index (χ1v) is 10.6. The third-order valence-electron chi connectivity index (χ3n) is 5.71. The summed E-state index contributed by atoms with van der Waals surface area (Å²) in [6, 6.07) is 13.3. The molecule has 1 fully saturated rings. The van der Waals surface area contributed by atoms with E-state index in [1.54, 1.807) is 29.5 Å². The first-order chi connectivity index (χ1) is 15.7. The minimum absolute atomic E-state index is 0.0332. The number of amides is 1. The lowest BCUT2D eigenvalue weighted by Crippen LogP contribution is -2.39. The number of pyridine rings is 3. The van der Waals surface area contributed by atoms with Crippen molar-refractivity contribution in [1.82, 2.24) is 24.7 Å². The molecule has 5 rings (SSSR count). The van der Waals surface area contributed by atoms with Crippen LogP contribution in [0.25, 0.3) is 22.6 Å². The quantitative estimate of drug-likeness (QED) is 0.526. The van der Waals surface area contributed by atoms with E-state index in [-0.39, 0.29) is 11.9 Å². The average Bonchev–Trinajstić information content (AvgIpc) is 3.50. The van der Waals surface area contributed by atoms with Crippen LogP contribution in [0, 0.1) is 0 Å². The number of carbonyl (C=O) groups excluding carboxylic acids is 1. The van der Waals surface area contributed by atoms with E-state index < -0.39 is 0 Å². The molecule has 0 bridgehead atoms. The van der Waals surface area contributed by atoms with Crippen LogP contribution in [0.2, 0.25) is 0 Å². The lowest BCUT2D eigenvalue weighted by atomic mass is 10.1. The Hall–Kier alpha value is -4.07. The summed E-state index contributed by atoms with van der Waals surface area (Å²) in [5, 5.41) is 7.21. The Morgan fingerprint density at radius 1 is 1.00 bits per heavy atom. The zero-order valence-electron chi connectivity index (χ0n) is 17.7. The Bertz CT molecular complexity index is 1200. The monoisotopic (exact) mass is 425 g/mol. The second-order valence-electron chi connectivity index (χ2n) is 7.76. The van der Waals surface area contributed by atoms with Crippen molar-refractivity contribution in [2.75, 3.05) is 16.8 Å². The highest BCUT2D eigenvalue weighted by atomic mass is 16.2. The Morgan fingerprint density at radius 2 is 1.88 bits per heavy atom. The fourth-order valence-corrected chi connectivity index (χ4v) is 4.06. The van der Waals surface area contributed by atoms with Crippen LogP contribution in [0.1, 0.15) is 12.8 Å². The molecular weight excluding hydrogens is 402 g/mol. The Balaban J connectivity index is 1.28. The summed E-state index contributed by atoms with van der Waals surface area (Å²) in [4.78, 5) is 28.3. The third-order valence-corrected chi connectivity index (χ3v) is 5.71. The molecule has 4 aromatic rings. The Kier molecular flexibility index (Phi) is 5.33. The van der Waals surface area contributed by atoms with Crippen LogP contribution < -0.4 is 10.2 Å². The van der Waals surface area contributed by atoms with Crippen molar-refractivity contribution in [2.45, 2.75) is 18.9 Å². The van der Waals surface area contributed by atoms with E-state index in [9.17, 15) is 4.79 Å². The van der Waals surface area contributed by atoms with Gasteiger partial charge >= 0.3 is 0 Å². The number of rotatable bonds is 5. The van der Waals surface area contributed by atoms with E-state index in [2.05, 4.69) is 30.3 Å². The molecular formula is C24H23N7O. The highest BCUT2D eigenvalue weighted by molar-refractivity contribution is 5.97. The predicted octanol–water partition coefficient (Wildman–Crippen LogP) is 3.55. The molecule has 1 saturated heterocycles. The minimum atomic E-state index is -0.239. The number of anilines is 2. The van der Waals surface area contributed by atoms with Gasteiger partial charge in [-0.15, -0.1) is 0 Å². The molecule has 8 nitrogen and oxygen atoms in total.